The molecule has 0 saturated carbocycles. The lowest BCUT2D eigenvalue weighted by Crippen LogP contribution is -2.07. The van der Waals surface area contributed by atoms with Crippen LogP contribution >= 0.6 is 0 Å². The quantitative estimate of drug-likeness (QED) is 0.653. The van der Waals surface area contributed by atoms with Gasteiger partial charge in [-0.2, -0.15) is 0 Å². The van der Waals surface area contributed by atoms with Crippen molar-refractivity contribution >= 4 is 23.0 Å². The summed E-state index contributed by atoms with van der Waals surface area (Å²) in [6, 6.07) is 10.3. The summed E-state index contributed by atoms with van der Waals surface area (Å²) in [7, 11) is 4.47. The molecule has 6 nitrogen and oxygen atoms in total. The maximum absolute atomic E-state index is 11.9. The van der Waals surface area contributed by atoms with Crippen LogP contribution in [0.4, 0.5) is 17.1 Å². The molecule has 0 unspecified atom stereocenters. The highest BCUT2D eigenvalue weighted by Gasteiger charge is 2.14. The van der Waals surface area contributed by atoms with Gasteiger partial charge in [-0.1, -0.05) is 0 Å². The molecule has 0 amide bonds. The van der Waals surface area contributed by atoms with E-state index in [0.717, 1.165) is 0 Å². The summed E-state index contributed by atoms with van der Waals surface area (Å²) in [5.74, 6) is 0.809. The van der Waals surface area contributed by atoms with Crippen molar-refractivity contribution in [1.82, 2.24) is 0 Å². The Hall–Kier alpha value is -2.89. The van der Waals surface area contributed by atoms with E-state index in [1.54, 1.807) is 50.6 Å². The number of ether oxygens (including phenoxy) is 3. The van der Waals surface area contributed by atoms with Crippen LogP contribution in [0.15, 0.2) is 36.4 Å². The van der Waals surface area contributed by atoms with Gasteiger partial charge in [0, 0.05) is 11.8 Å². The van der Waals surface area contributed by atoms with Crippen molar-refractivity contribution in [2.45, 2.75) is 0 Å². The van der Waals surface area contributed by atoms with Gasteiger partial charge >= 0.3 is 5.97 Å². The van der Waals surface area contributed by atoms with Crippen molar-refractivity contribution in [1.29, 1.82) is 0 Å². The molecule has 3 N–H and O–H groups in total. The molecule has 0 fully saturated rings. The Morgan fingerprint density at radius 1 is 1.00 bits per heavy atom. The molecule has 0 bridgehead atoms. The second-order valence-electron chi connectivity index (χ2n) is 4.49. The number of hydrogen-bond donors (Lipinski definition) is 2. The molecule has 22 heavy (non-hydrogen) atoms. The number of anilines is 3. The molecule has 116 valence electrons. The van der Waals surface area contributed by atoms with E-state index < -0.39 is 5.97 Å². The normalized spacial score (nSPS) is 9.95. The molecule has 0 radical (unpaired) electrons. The zero-order valence-corrected chi connectivity index (χ0v) is 12.7. The molecule has 0 atom stereocenters. The largest absolute Gasteiger partial charge is 0.497 e. The minimum atomic E-state index is -0.475. The molecule has 2 rings (SSSR count). The Morgan fingerprint density at radius 3 is 2.41 bits per heavy atom. The van der Waals surface area contributed by atoms with Gasteiger partial charge < -0.3 is 25.3 Å². The lowest BCUT2D eigenvalue weighted by Gasteiger charge is -2.15. The Bertz CT molecular complexity index is 686. The molecule has 0 saturated heterocycles. The first-order valence-corrected chi connectivity index (χ1v) is 6.56. The predicted molar refractivity (Wildman–Crippen MR) is 85.0 cm³/mol. The Morgan fingerprint density at radius 2 is 1.77 bits per heavy atom. The van der Waals surface area contributed by atoms with Crippen LogP contribution in [0.3, 0.4) is 0 Å². The van der Waals surface area contributed by atoms with E-state index in [1.165, 1.54) is 7.11 Å². The standard InChI is InChI=1S/C16H18N2O4/c1-20-11-5-7-15(21-2)14(9-11)18-13-6-4-10(17)8-12(13)16(19)22-3/h4-9,18H,17H2,1-3H3. The summed E-state index contributed by atoms with van der Waals surface area (Å²) in [6.45, 7) is 0. The van der Waals surface area contributed by atoms with Crippen LogP contribution in [0.2, 0.25) is 0 Å². The molecule has 0 aliphatic rings. The summed E-state index contributed by atoms with van der Waals surface area (Å²) in [5, 5.41) is 3.15. The molecule has 2 aromatic carbocycles. The molecule has 0 heterocycles. The smallest absolute Gasteiger partial charge is 0.340 e. The first kappa shape index (κ1) is 15.5. The molecule has 2 aromatic rings. The third-order valence-corrected chi connectivity index (χ3v) is 3.12. The Balaban J connectivity index is 2.44. The minimum Gasteiger partial charge on any atom is -0.497 e. The van der Waals surface area contributed by atoms with E-state index in [9.17, 15) is 4.79 Å². The summed E-state index contributed by atoms with van der Waals surface area (Å²) in [4.78, 5) is 11.9. The number of nitrogen functional groups attached to an aromatic ring is 1. The first-order chi connectivity index (χ1) is 10.6. The number of esters is 1. The topological polar surface area (TPSA) is 82.8 Å². The van der Waals surface area contributed by atoms with Gasteiger partial charge in [0.05, 0.1) is 38.3 Å². The average molecular weight is 302 g/mol. The molecule has 0 aromatic heterocycles. The van der Waals surface area contributed by atoms with Gasteiger partial charge in [-0.25, -0.2) is 4.79 Å². The van der Waals surface area contributed by atoms with Crippen molar-refractivity contribution in [3.8, 4) is 11.5 Å². The number of benzene rings is 2. The number of carbonyl (C=O) groups is 1. The fourth-order valence-corrected chi connectivity index (χ4v) is 2.01. The number of rotatable bonds is 5. The van der Waals surface area contributed by atoms with Crippen molar-refractivity contribution in [2.75, 3.05) is 32.4 Å². The highest BCUT2D eigenvalue weighted by molar-refractivity contribution is 5.97. The monoisotopic (exact) mass is 302 g/mol. The zero-order chi connectivity index (χ0) is 16.1. The van der Waals surface area contributed by atoms with E-state index in [4.69, 9.17) is 19.9 Å². The van der Waals surface area contributed by atoms with E-state index >= 15 is 0 Å². The van der Waals surface area contributed by atoms with Gasteiger partial charge in [-0.3, -0.25) is 0 Å². The lowest BCUT2D eigenvalue weighted by atomic mass is 10.1. The maximum atomic E-state index is 11.9. The molecule has 0 spiro atoms. The van der Waals surface area contributed by atoms with Crippen molar-refractivity contribution in [3.05, 3.63) is 42.0 Å². The highest BCUT2D eigenvalue weighted by Crippen LogP contribution is 2.33. The Labute approximate surface area is 128 Å². The van der Waals surface area contributed by atoms with Crippen LogP contribution in [0.25, 0.3) is 0 Å². The van der Waals surface area contributed by atoms with Crippen LogP contribution in [-0.4, -0.2) is 27.3 Å². The highest BCUT2D eigenvalue weighted by atomic mass is 16.5. The van der Waals surface area contributed by atoms with Crippen molar-refractivity contribution in [3.63, 3.8) is 0 Å². The van der Waals surface area contributed by atoms with E-state index in [2.05, 4.69) is 5.32 Å². The maximum Gasteiger partial charge on any atom is 0.340 e. The van der Waals surface area contributed by atoms with Gasteiger partial charge in [0.2, 0.25) is 0 Å². The number of methoxy groups -OCH3 is 3. The third-order valence-electron chi connectivity index (χ3n) is 3.12. The van der Waals surface area contributed by atoms with Gasteiger partial charge in [0.25, 0.3) is 0 Å². The van der Waals surface area contributed by atoms with Crippen LogP contribution in [-0.2, 0) is 4.74 Å². The Kier molecular flexibility index (Phi) is 4.73. The lowest BCUT2D eigenvalue weighted by molar-refractivity contribution is 0.0602. The van der Waals surface area contributed by atoms with Crippen LogP contribution in [0, 0.1) is 0 Å². The molecular weight excluding hydrogens is 284 g/mol. The molecule has 6 heteroatoms. The van der Waals surface area contributed by atoms with Crippen LogP contribution < -0.4 is 20.5 Å². The number of hydrogen-bond acceptors (Lipinski definition) is 6. The van der Waals surface area contributed by atoms with Crippen molar-refractivity contribution < 1.29 is 19.0 Å². The third kappa shape index (κ3) is 3.22. The SMILES string of the molecule is COC(=O)c1cc(N)ccc1Nc1cc(OC)ccc1OC. The van der Waals surface area contributed by atoms with Gasteiger partial charge in [0.1, 0.15) is 11.5 Å². The van der Waals surface area contributed by atoms with Gasteiger partial charge in [-0.05, 0) is 30.3 Å². The van der Waals surface area contributed by atoms with Crippen LogP contribution in [0.5, 0.6) is 11.5 Å². The fraction of sp³-hybridized carbons (Fsp3) is 0.188. The predicted octanol–water partition coefficient (Wildman–Crippen LogP) is 2.82. The van der Waals surface area contributed by atoms with Crippen LogP contribution in [0.1, 0.15) is 10.4 Å². The van der Waals surface area contributed by atoms with Crippen molar-refractivity contribution in [2.24, 2.45) is 0 Å². The average Bonchev–Trinajstić information content (AvgIpc) is 2.55. The van der Waals surface area contributed by atoms with E-state index in [-0.39, 0.29) is 0 Å². The zero-order valence-electron chi connectivity index (χ0n) is 12.7. The summed E-state index contributed by atoms with van der Waals surface area (Å²) in [6.07, 6.45) is 0. The second-order valence-corrected chi connectivity index (χ2v) is 4.49. The first-order valence-electron chi connectivity index (χ1n) is 6.56. The minimum absolute atomic E-state index is 0.340. The second kappa shape index (κ2) is 6.71. The summed E-state index contributed by atoms with van der Waals surface area (Å²) in [5.41, 5.74) is 7.78. The summed E-state index contributed by atoms with van der Waals surface area (Å²) >= 11 is 0. The van der Waals surface area contributed by atoms with E-state index in [0.29, 0.717) is 34.1 Å². The molecule has 0 aliphatic carbocycles. The number of nitrogens with two attached hydrogens (primary N) is 1. The summed E-state index contributed by atoms with van der Waals surface area (Å²) < 4.78 is 15.3. The number of carbonyl (C=O) groups excluding carboxylic acids is 1. The van der Waals surface area contributed by atoms with E-state index in [1.807, 2.05) is 0 Å². The van der Waals surface area contributed by atoms with Gasteiger partial charge in [-0.15, -0.1) is 0 Å². The molecular formula is C16H18N2O4. The van der Waals surface area contributed by atoms with Gasteiger partial charge in [0.15, 0.2) is 0 Å². The molecule has 0 aliphatic heterocycles. The number of nitrogens with one attached hydrogen (secondary N) is 1. The fourth-order valence-electron chi connectivity index (χ4n) is 2.01.